The largest absolute Gasteiger partial charge is 0.478 e. The first-order valence-electron chi connectivity index (χ1n) is 9.35. The number of hydrogen-bond acceptors (Lipinski definition) is 3. The second kappa shape index (κ2) is 8.21. The molecule has 6 nitrogen and oxygen atoms in total. The van der Waals surface area contributed by atoms with E-state index in [4.69, 9.17) is 5.73 Å². The Balaban J connectivity index is 2.10. The van der Waals surface area contributed by atoms with Crippen molar-refractivity contribution in [3.63, 3.8) is 0 Å². The quantitative estimate of drug-likeness (QED) is 0.590. The number of carbonyl (C=O) groups excluding carboxylic acids is 2. The summed E-state index contributed by atoms with van der Waals surface area (Å²) in [6, 6.07) is 15.8. The molecule has 3 rings (SSSR count). The number of anilines is 1. The van der Waals surface area contributed by atoms with Crippen LogP contribution >= 0.6 is 0 Å². The lowest BCUT2D eigenvalue weighted by Gasteiger charge is -2.18. The number of carboxylic acids is 1. The molecule has 0 spiro atoms. The van der Waals surface area contributed by atoms with Crippen LogP contribution < -0.4 is 11.1 Å². The molecule has 0 radical (unpaired) electrons. The Hall–Kier alpha value is -3.93. The minimum Gasteiger partial charge on any atom is -0.478 e. The molecule has 0 saturated carbocycles. The van der Waals surface area contributed by atoms with Crippen LogP contribution in [0, 0.1) is 20.8 Å². The molecule has 0 aliphatic heterocycles. The van der Waals surface area contributed by atoms with Gasteiger partial charge in [0.15, 0.2) is 0 Å². The van der Waals surface area contributed by atoms with Crippen LogP contribution in [-0.2, 0) is 0 Å². The van der Waals surface area contributed by atoms with Crippen molar-refractivity contribution >= 4 is 23.5 Å². The van der Waals surface area contributed by atoms with E-state index < -0.39 is 17.8 Å². The predicted molar refractivity (Wildman–Crippen MR) is 116 cm³/mol. The Morgan fingerprint density at radius 2 is 1.43 bits per heavy atom. The number of aromatic carboxylic acids is 1. The number of benzene rings is 3. The summed E-state index contributed by atoms with van der Waals surface area (Å²) in [7, 11) is 0. The normalized spacial score (nSPS) is 10.5. The van der Waals surface area contributed by atoms with Crippen molar-refractivity contribution in [1.82, 2.24) is 0 Å². The number of hydrogen-bond donors (Lipinski definition) is 3. The summed E-state index contributed by atoms with van der Waals surface area (Å²) >= 11 is 0. The van der Waals surface area contributed by atoms with Gasteiger partial charge in [0.1, 0.15) is 0 Å². The van der Waals surface area contributed by atoms with E-state index in [1.807, 2.05) is 36.4 Å². The first kappa shape index (κ1) is 20.8. The molecular weight excluding hydrogens is 380 g/mol. The number of rotatable bonds is 5. The topological polar surface area (TPSA) is 109 Å². The molecule has 0 aliphatic carbocycles. The molecule has 0 unspecified atom stereocenters. The fourth-order valence-electron chi connectivity index (χ4n) is 3.60. The van der Waals surface area contributed by atoms with Crippen molar-refractivity contribution in [3.05, 3.63) is 88.0 Å². The molecule has 4 N–H and O–H groups in total. The Morgan fingerprint density at radius 3 is 1.97 bits per heavy atom. The van der Waals surface area contributed by atoms with Gasteiger partial charge in [0.05, 0.1) is 16.8 Å². The van der Waals surface area contributed by atoms with Crippen molar-refractivity contribution in [2.45, 2.75) is 20.8 Å². The Labute approximate surface area is 174 Å². The third-order valence-electron chi connectivity index (χ3n) is 4.99. The maximum absolute atomic E-state index is 13.1. The highest BCUT2D eigenvalue weighted by molar-refractivity contribution is 6.13. The van der Waals surface area contributed by atoms with E-state index in [0.717, 1.165) is 5.56 Å². The van der Waals surface area contributed by atoms with Gasteiger partial charge in [-0.05, 0) is 60.7 Å². The number of aryl methyl sites for hydroxylation is 3. The summed E-state index contributed by atoms with van der Waals surface area (Å²) in [5.74, 6) is -2.14. The number of amides is 2. The van der Waals surface area contributed by atoms with Crippen molar-refractivity contribution in [2.24, 2.45) is 5.73 Å². The molecule has 0 aliphatic rings. The molecule has 152 valence electrons. The SMILES string of the molecule is Cc1ccc(-c2ccccc2)c(C(N)=O)c1NC(=O)c1c(C)cc(C(=O)O)cc1C. The monoisotopic (exact) mass is 402 g/mol. The third-order valence-corrected chi connectivity index (χ3v) is 4.99. The highest BCUT2D eigenvalue weighted by Gasteiger charge is 2.22. The van der Waals surface area contributed by atoms with Crippen LogP contribution in [0.15, 0.2) is 54.6 Å². The maximum Gasteiger partial charge on any atom is 0.335 e. The minimum atomic E-state index is -1.06. The fourth-order valence-corrected chi connectivity index (χ4v) is 3.60. The number of nitrogens with two attached hydrogens (primary N) is 1. The van der Waals surface area contributed by atoms with E-state index in [2.05, 4.69) is 5.32 Å². The van der Waals surface area contributed by atoms with Gasteiger partial charge in [0.25, 0.3) is 11.8 Å². The minimum absolute atomic E-state index is 0.113. The Morgan fingerprint density at radius 1 is 0.833 bits per heavy atom. The lowest BCUT2D eigenvalue weighted by atomic mass is 9.94. The van der Waals surface area contributed by atoms with Crippen LogP contribution in [0.3, 0.4) is 0 Å². The maximum atomic E-state index is 13.1. The van der Waals surface area contributed by atoms with Gasteiger partial charge in [-0.2, -0.15) is 0 Å². The second-order valence-electron chi connectivity index (χ2n) is 7.15. The van der Waals surface area contributed by atoms with E-state index in [-0.39, 0.29) is 11.1 Å². The zero-order valence-electron chi connectivity index (χ0n) is 16.9. The second-order valence-corrected chi connectivity index (χ2v) is 7.15. The first-order chi connectivity index (χ1) is 14.2. The fraction of sp³-hybridized carbons (Fsp3) is 0.125. The Kier molecular flexibility index (Phi) is 5.69. The molecule has 0 saturated heterocycles. The molecule has 30 heavy (non-hydrogen) atoms. The van der Waals surface area contributed by atoms with Crippen molar-refractivity contribution in [2.75, 3.05) is 5.32 Å². The molecule has 6 heteroatoms. The van der Waals surface area contributed by atoms with Crippen LogP contribution in [0.5, 0.6) is 0 Å². The van der Waals surface area contributed by atoms with Crippen LogP contribution in [0.25, 0.3) is 11.1 Å². The molecule has 3 aromatic carbocycles. The molecule has 0 aromatic heterocycles. The molecule has 0 atom stereocenters. The molecule has 2 amide bonds. The van der Waals surface area contributed by atoms with E-state index in [9.17, 15) is 19.5 Å². The van der Waals surface area contributed by atoms with Gasteiger partial charge in [-0.25, -0.2) is 4.79 Å². The van der Waals surface area contributed by atoms with Gasteiger partial charge < -0.3 is 16.2 Å². The van der Waals surface area contributed by atoms with Crippen LogP contribution in [0.1, 0.15) is 47.8 Å². The zero-order valence-corrected chi connectivity index (χ0v) is 16.9. The predicted octanol–water partition coefficient (Wildman–Crippen LogP) is 4.33. The van der Waals surface area contributed by atoms with E-state index >= 15 is 0 Å². The van der Waals surface area contributed by atoms with Gasteiger partial charge in [-0.3, -0.25) is 9.59 Å². The summed E-state index contributed by atoms with van der Waals surface area (Å²) in [6.45, 7) is 5.14. The summed E-state index contributed by atoms with van der Waals surface area (Å²) in [4.78, 5) is 36.7. The van der Waals surface area contributed by atoms with E-state index in [1.165, 1.54) is 12.1 Å². The Bertz CT molecular complexity index is 1140. The third kappa shape index (κ3) is 3.93. The molecule has 0 heterocycles. The average Bonchev–Trinajstić information content (AvgIpc) is 2.69. The molecular formula is C24H22N2O4. The van der Waals surface area contributed by atoms with Crippen molar-refractivity contribution in [1.29, 1.82) is 0 Å². The van der Waals surface area contributed by atoms with Gasteiger partial charge in [-0.15, -0.1) is 0 Å². The molecule has 0 fully saturated rings. The van der Waals surface area contributed by atoms with Crippen LogP contribution in [-0.4, -0.2) is 22.9 Å². The van der Waals surface area contributed by atoms with Gasteiger partial charge in [0.2, 0.25) is 0 Å². The van der Waals surface area contributed by atoms with Crippen LogP contribution in [0.4, 0.5) is 5.69 Å². The summed E-state index contributed by atoms with van der Waals surface area (Å²) in [5, 5.41) is 12.0. The van der Waals surface area contributed by atoms with E-state index in [0.29, 0.717) is 33.5 Å². The van der Waals surface area contributed by atoms with Gasteiger partial charge in [0, 0.05) is 5.56 Å². The standard InChI is InChI=1S/C24H22N2O4/c1-13-9-10-18(16-7-5-4-6-8-16)20(22(25)27)21(13)26-23(28)19-14(2)11-17(24(29)30)12-15(19)3/h4-12H,1-3H3,(H2,25,27)(H,26,28)(H,29,30). The highest BCUT2D eigenvalue weighted by Crippen LogP contribution is 2.32. The average molecular weight is 402 g/mol. The van der Waals surface area contributed by atoms with Crippen molar-refractivity contribution in [3.8, 4) is 11.1 Å². The first-order valence-corrected chi connectivity index (χ1v) is 9.35. The molecule has 3 aromatic rings. The van der Waals surface area contributed by atoms with Crippen LogP contribution in [0.2, 0.25) is 0 Å². The zero-order chi connectivity index (χ0) is 22.0. The number of nitrogens with one attached hydrogen (secondary N) is 1. The summed E-state index contributed by atoms with van der Waals surface area (Å²) in [5.41, 5.74) is 9.92. The number of primary amides is 1. The lowest BCUT2D eigenvalue weighted by molar-refractivity contribution is 0.0696. The number of carboxylic acid groups (broad SMARTS) is 1. The lowest BCUT2D eigenvalue weighted by Crippen LogP contribution is -2.21. The highest BCUT2D eigenvalue weighted by atomic mass is 16.4. The van der Waals surface area contributed by atoms with Gasteiger partial charge in [-0.1, -0.05) is 42.5 Å². The van der Waals surface area contributed by atoms with Crippen molar-refractivity contribution < 1.29 is 19.5 Å². The van der Waals surface area contributed by atoms with E-state index in [1.54, 1.807) is 26.8 Å². The molecule has 0 bridgehead atoms. The summed E-state index contributed by atoms with van der Waals surface area (Å²) in [6.07, 6.45) is 0. The smallest absolute Gasteiger partial charge is 0.335 e. The summed E-state index contributed by atoms with van der Waals surface area (Å²) < 4.78 is 0. The number of carbonyl (C=O) groups is 3. The van der Waals surface area contributed by atoms with Gasteiger partial charge >= 0.3 is 5.97 Å².